The number of amides is 2. The van der Waals surface area contributed by atoms with Gasteiger partial charge in [-0.15, -0.1) is 0 Å². The van der Waals surface area contributed by atoms with Crippen molar-refractivity contribution in [3.8, 4) is 5.75 Å². The zero-order valence-corrected chi connectivity index (χ0v) is 19.9. The second kappa shape index (κ2) is 11.0. The summed E-state index contributed by atoms with van der Waals surface area (Å²) in [6.45, 7) is 7.68. The van der Waals surface area contributed by atoms with Crippen molar-refractivity contribution < 1.29 is 22.7 Å². The number of nitrogens with zero attached hydrogens (tertiary/aromatic N) is 1. The van der Waals surface area contributed by atoms with Gasteiger partial charge >= 0.3 is 0 Å². The smallest absolute Gasteiger partial charge is 0.253 e. The highest BCUT2D eigenvalue weighted by atomic mass is 32.2. The normalized spacial score (nSPS) is 13.0. The second-order valence-electron chi connectivity index (χ2n) is 7.48. The maximum Gasteiger partial charge on any atom is 0.253 e. The van der Waals surface area contributed by atoms with E-state index in [9.17, 15) is 18.0 Å². The highest BCUT2D eigenvalue weighted by molar-refractivity contribution is 7.92. The molecule has 2 aromatic carbocycles. The first-order chi connectivity index (χ1) is 15.1. The minimum atomic E-state index is -3.77. The molecule has 2 atom stereocenters. The fourth-order valence-corrected chi connectivity index (χ4v) is 4.27. The van der Waals surface area contributed by atoms with Crippen LogP contribution in [0.2, 0.25) is 0 Å². The summed E-state index contributed by atoms with van der Waals surface area (Å²) in [5, 5.41) is 5.57. The molecule has 8 nitrogen and oxygen atoms in total. The number of carbonyl (C=O) groups is 2. The number of anilines is 2. The van der Waals surface area contributed by atoms with Crippen LogP contribution in [-0.4, -0.2) is 45.2 Å². The lowest BCUT2D eigenvalue weighted by atomic mass is 10.1. The molecule has 0 saturated carbocycles. The minimum Gasteiger partial charge on any atom is -0.494 e. The summed E-state index contributed by atoms with van der Waals surface area (Å²) in [6, 6.07) is 12.0. The van der Waals surface area contributed by atoms with Gasteiger partial charge in [0.15, 0.2) is 0 Å². The molecular weight excluding hydrogens is 430 g/mol. The van der Waals surface area contributed by atoms with Gasteiger partial charge in [-0.2, -0.15) is 0 Å². The summed E-state index contributed by atoms with van der Waals surface area (Å²) < 4.78 is 31.5. The maximum absolute atomic E-state index is 13.0. The predicted octanol–water partition coefficient (Wildman–Crippen LogP) is 3.41. The third-order valence-electron chi connectivity index (χ3n) is 4.91. The molecule has 9 heteroatoms. The molecule has 0 aliphatic rings. The lowest BCUT2D eigenvalue weighted by Gasteiger charge is -2.28. The minimum absolute atomic E-state index is 0.0226. The molecule has 0 fully saturated rings. The van der Waals surface area contributed by atoms with Crippen molar-refractivity contribution in [2.24, 2.45) is 0 Å². The Balaban J connectivity index is 2.29. The molecule has 0 aliphatic heterocycles. The van der Waals surface area contributed by atoms with E-state index in [1.54, 1.807) is 48.5 Å². The zero-order valence-electron chi connectivity index (χ0n) is 19.1. The Hall–Kier alpha value is -3.07. The number of para-hydroxylation sites is 1. The molecule has 2 N–H and O–H groups in total. The van der Waals surface area contributed by atoms with Crippen LogP contribution in [0.1, 0.15) is 44.5 Å². The standard InChI is InChI=1S/C23H31N3O5S/c1-6-16(3)24-23(28)20-10-8-9-11-21(20)25-22(27)17(4)26(32(5,29)30)18-12-14-19(15-13-18)31-7-2/h8-17H,6-7H2,1-5H3,(H,24,28)(H,25,27)/t16-,17-/m0/s1. The predicted molar refractivity (Wildman–Crippen MR) is 127 cm³/mol. The molecule has 2 aromatic rings. The van der Waals surface area contributed by atoms with E-state index in [1.807, 2.05) is 20.8 Å². The van der Waals surface area contributed by atoms with Gasteiger partial charge in [-0.25, -0.2) is 8.42 Å². The summed E-state index contributed by atoms with van der Waals surface area (Å²) in [5.41, 5.74) is 0.951. The number of ether oxygens (including phenoxy) is 1. The topological polar surface area (TPSA) is 105 Å². The van der Waals surface area contributed by atoms with E-state index < -0.39 is 22.0 Å². The molecule has 0 saturated heterocycles. The molecule has 2 rings (SSSR count). The van der Waals surface area contributed by atoms with Crippen molar-refractivity contribution in [3.63, 3.8) is 0 Å². The van der Waals surface area contributed by atoms with Gasteiger partial charge in [0.25, 0.3) is 5.91 Å². The van der Waals surface area contributed by atoms with E-state index in [-0.39, 0.29) is 11.9 Å². The molecule has 0 heterocycles. The van der Waals surface area contributed by atoms with Crippen LogP contribution in [0.5, 0.6) is 5.75 Å². The number of nitrogens with one attached hydrogen (secondary N) is 2. The molecule has 0 aromatic heterocycles. The first kappa shape index (κ1) is 25.2. The Morgan fingerprint density at radius 1 is 1.03 bits per heavy atom. The quantitative estimate of drug-likeness (QED) is 0.564. The third kappa shape index (κ3) is 6.46. The van der Waals surface area contributed by atoms with Crippen molar-refractivity contribution in [2.45, 2.75) is 46.2 Å². The zero-order chi connectivity index (χ0) is 23.9. The van der Waals surface area contributed by atoms with Crippen molar-refractivity contribution in [1.29, 1.82) is 0 Å². The second-order valence-corrected chi connectivity index (χ2v) is 9.34. The van der Waals surface area contributed by atoms with Crippen LogP contribution in [0.3, 0.4) is 0 Å². The van der Waals surface area contributed by atoms with E-state index in [0.29, 0.717) is 29.3 Å². The van der Waals surface area contributed by atoms with Crippen molar-refractivity contribution in [3.05, 3.63) is 54.1 Å². The Morgan fingerprint density at radius 2 is 1.66 bits per heavy atom. The van der Waals surface area contributed by atoms with Crippen LogP contribution < -0.4 is 19.7 Å². The molecule has 2 amide bonds. The van der Waals surface area contributed by atoms with Crippen molar-refractivity contribution >= 4 is 33.2 Å². The highest BCUT2D eigenvalue weighted by Crippen LogP contribution is 2.25. The third-order valence-corrected chi connectivity index (χ3v) is 6.15. The van der Waals surface area contributed by atoms with E-state index in [1.165, 1.54) is 6.92 Å². The first-order valence-electron chi connectivity index (χ1n) is 10.5. The molecule has 0 bridgehead atoms. The van der Waals surface area contributed by atoms with E-state index in [4.69, 9.17) is 4.74 Å². The van der Waals surface area contributed by atoms with Gasteiger partial charge in [-0.05, 0) is 63.6 Å². The number of carbonyl (C=O) groups excluding carboxylic acids is 2. The van der Waals surface area contributed by atoms with Gasteiger partial charge in [0.05, 0.1) is 29.8 Å². The molecule has 0 aliphatic carbocycles. The summed E-state index contributed by atoms with van der Waals surface area (Å²) >= 11 is 0. The number of benzene rings is 2. The molecule has 0 spiro atoms. The van der Waals surface area contributed by atoms with E-state index in [2.05, 4.69) is 10.6 Å². The number of hydrogen-bond acceptors (Lipinski definition) is 5. The highest BCUT2D eigenvalue weighted by Gasteiger charge is 2.30. The molecule has 32 heavy (non-hydrogen) atoms. The van der Waals surface area contributed by atoms with Gasteiger partial charge in [-0.3, -0.25) is 13.9 Å². The summed E-state index contributed by atoms with van der Waals surface area (Å²) in [7, 11) is -3.77. The average Bonchev–Trinajstić information content (AvgIpc) is 2.74. The SMILES string of the molecule is CCOc1ccc(N([C@@H](C)C(=O)Nc2ccccc2C(=O)N[C@@H](C)CC)S(C)(=O)=O)cc1. The molecule has 174 valence electrons. The van der Waals surface area contributed by atoms with Gasteiger partial charge in [-0.1, -0.05) is 19.1 Å². The van der Waals surface area contributed by atoms with Crippen LogP contribution >= 0.6 is 0 Å². The largest absolute Gasteiger partial charge is 0.494 e. The fourth-order valence-electron chi connectivity index (χ4n) is 3.10. The lowest BCUT2D eigenvalue weighted by molar-refractivity contribution is -0.116. The van der Waals surface area contributed by atoms with Crippen LogP contribution in [0.25, 0.3) is 0 Å². The van der Waals surface area contributed by atoms with Gasteiger partial charge in [0, 0.05) is 6.04 Å². The maximum atomic E-state index is 13.0. The van der Waals surface area contributed by atoms with Crippen LogP contribution in [-0.2, 0) is 14.8 Å². The van der Waals surface area contributed by atoms with Crippen LogP contribution in [0.15, 0.2) is 48.5 Å². The molecule has 0 unspecified atom stereocenters. The fraction of sp³-hybridized carbons (Fsp3) is 0.391. The van der Waals surface area contributed by atoms with E-state index in [0.717, 1.165) is 17.0 Å². The number of sulfonamides is 1. The summed E-state index contributed by atoms with van der Waals surface area (Å²) in [5.74, 6) is -0.273. The summed E-state index contributed by atoms with van der Waals surface area (Å²) in [6.07, 6.45) is 1.81. The van der Waals surface area contributed by atoms with Crippen molar-refractivity contribution in [1.82, 2.24) is 5.32 Å². The van der Waals surface area contributed by atoms with Gasteiger partial charge in [0.1, 0.15) is 11.8 Å². The van der Waals surface area contributed by atoms with Crippen LogP contribution in [0, 0.1) is 0 Å². The Bertz CT molecular complexity index is 1040. The average molecular weight is 462 g/mol. The van der Waals surface area contributed by atoms with Crippen LogP contribution in [0.4, 0.5) is 11.4 Å². The Morgan fingerprint density at radius 3 is 2.22 bits per heavy atom. The first-order valence-corrected chi connectivity index (χ1v) is 12.4. The summed E-state index contributed by atoms with van der Waals surface area (Å²) in [4.78, 5) is 25.6. The Labute approximate surface area is 190 Å². The Kier molecular flexibility index (Phi) is 8.65. The van der Waals surface area contributed by atoms with Gasteiger partial charge in [0.2, 0.25) is 15.9 Å². The van der Waals surface area contributed by atoms with Gasteiger partial charge < -0.3 is 15.4 Å². The lowest BCUT2D eigenvalue weighted by Crippen LogP contribution is -2.45. The van der Waals surface area contributed by atoms with Crippen molar-refractivity contribution in [2.75, 3.05) is 22.5 Å². The molecular formula is C23H31N3O5S. The molecule has 0 radical (unpaired) electrons. The van der Waals surface area contributed by atoms with E-state index >= 15 is 0 Å². The number of hydrogen-bond donors (Lipinski definition) is 2. The number of rotatable bonds is 10. The monoisotopic (exact) mass is 461 g/mol.